The molecule has 3 nitrogen and oxygen atoms in total. The summed E-state index contributed by atoms with van der Waals surface area (Å²) >= 11 is 3.43. The molecule has 2 aromatic rings. The van der Waals surface area contributed by atoms with Gasteiger partial charge < -0.3 is 10.1 Å². The van der Waals surface area contributed by atoms with Crippen molar-refractivity contribution in [3.05, 3.63) is 64.1 Å². The average Bonchev–Trinajstić information content (AvgIpc) is 2.48. The Morgan fingerprint density at radius 1 is 1.19 bits per heavy atom. The van der Waals surface area contributed by atoms with Crippen LogP contribution in [-0.4, -0.2) is 13.0 Å². The minimum absolute atomic E-state index is 0.171. The van der Waals surface area contributed by atoms with Crippen molar-refractivity contribution in [2.45, 2.75) is 6.92 Å². The van der Waals surface area contributed by atoms with Gasteiger partial charge in [-0.25, -0.2) is 0 Å². The van der Waals surface area contributed by atoms with Crippen molar-refractivity contribution in [1.29, 1.82) is 0 Å². The Labute approximate surface area is 132 Å². The fourth-order valence-electron chi connectivity index (χ4n) is 1.78. The SMILES string of the molecule is COc1ccc(/C=C/C(=O)Nc2ccc(C)cc2Br)cc1. The third-order valence-corrected chi connectivity index (χ3v) is 3.58. The lowest BCUT2D eigenvalue weighted by molar-refractivity contribution is -0.111. The van der Waals surface area contributed by atoms with Crippen LogP contribution in [0.2, 0.25) is 0 Å². The molecule has 2 aromatic carbocycles. The molecule has 0 saturated heterocycles. The van der Waals surface area contributed by atoms with Crippen molar-refractivity contribution in [2.24, 2.45) is 0 Å². The van der Waals surface area contributed by atoms with Crippen LogP contribution in [0.15, 0.2) is 53.0 Å². The highest BCUT2D eigenvalue weighted by Crippen LogP contribution is 2.23. The van der Waals surface area contributed by atoms with Crippen LogP contribution >= 0.6 is 15.9 Å². The summed E-state index contributed by atoms with van der Waals surface area (Å²) in [4.78, 5) is 11.9. The molecular weight excluding hydrogens is 330 g/mol. The minimum Gasteiger partial charge on any atom is -0.497 e. The normalized spacial score (nSPS) is 10.6. The summed E-state index contributed by atoms with van der Waals surface area (Å²) in [7, 11) is 1.62. The second-order valence-electron chi connectivity index (χ2n) is 4.58. The quantitative estimate of drug-likeness (QED) is 0.833. The van der Waals surface area contributed by atoms with Crippen molar-refractivity contribution in [2.75, 3.05) is 12.4 Å². The number of carbonyl (C=O) groups excluding carboxylic acids is 1. The highest BCUT2D eigenvalue weighted by molar-refractivity contribution is 9.10. The number of benzene rings is 2. The lowest BCUT2D eigenvalue weighted by atomic mass is 10.2. The molecule has 0 heterocycles. The summed E-state index contributed by atoms with van der Waals surface area (Å²) in [6.45, 7) is 2.00. The Balaban J connectivity index is 2.01. The van der Waals surface area contributed by atoms with E-state index in [4.69, 9.17) is 4.74 Å². The highest BCUT2D eigenvalue weighted by Gasteiger charge is 2.02. The van der Waals surface area contributed by atoms with Gasteiger partial charge in [-0.2, -0.15) is 0 Å². The van der Waals surface area contributed by atoms with Crippen molar-refractivity contribution >= 4 is 33.6 Å². The number of methoxy groups -OCH3 is 1. The van der Waals surface area contributed by atoms with Gasteiger partial charge >= 0.3 is 0 Å². The largest absolute Gasteiger partial charge is 0.497 e. The number of aryl methyl sites for hydroxylation is 1. The van der Waals surface area contributed by atoms with E-state index in [0.29, 0.717) is 0 Å². The number of hydrogen-bond acceptors (Lipinski definition) is 2. The molecule has 0 aliphatic rings. The third kappa shape index (κ3) is 4.46. The molecule has 0 aliphatic heterocycles. The molecule has 1 amide bonds. The second kappa shape index (κ2) is 7.09. The van der Waals surface area contributed by atoms with Crippen LogP contribution in [0.25, 0.3) is 6.08 Å². The van der Waals surface area contributed by atoms with E-state index in [1.54, 1.807) is 13.2 Å². The fourth-order valence-corrected chi connectivity index (χ4v) is 2.38. The van der Waals surface area contributed by atoms with E-state index in [1.807, 2.05) is 49.4 Å². The summed E-state index contributed by atoms with van der Waals surface area (Å²) in [5.41, 5.74) is 2.83. The standard InChI is InChI=1S/C17H16BrNO2/c1-12-3-9-16(15(18)11-12)19-17(20)10-6-13-4-7-14(21-2)8-5-13/h3-11H,1-2H3,(H,19,20)/b10-6+. The molecule has 0 aromatic heterocycles. The number of ether oxygens (including phenoxy) is 1. The van der Waals surface area contributed by atoms with E-state index in [1.165, 1.54) is 6.08 Å². The van der Waals surface area contributed by atoms with E-state index < -0.39 is 0 Å². The molecule has 0 saturated carbocycles. The Morgan fingerprint density at radius 3 is 2.52 bits per heavy atom. The molecule has 108 valence electrons. The van der Waals surface area contributed by atoms with Crippen molar-refractivity contribution in [3.8, 4) is 5.75 Å². The van der Waals surface area contributed by atoms with Gasteiger partial charge in [-0.15, -0.1) is 0 Å². The first kappa shape index (κ1) is 15.3. The van der Waals surface area contributed by atoms with Gasteiger partial charge in [0.2, 0.25) is 5.91 Å². The Morgan fingerprint density at radius 2 is 1.90 bits per heavy atom. The molecule has 0 fully saturated rings. The summed E-state index contributed by atoms with van der Waals surface area (Å²) in [6.07, 6.45) is 3.27. The number of anilines is 1. The lowest BCUT2D eigenvalue weighted by Crippen LogP contribution is -2.08. The maximum atomic E-state index is 11.9. The molecule has 1 N–H and O–H groups in total. The number of amides is 1. The van der Waals surface area contributed by atoms with Gasteiger partial charge in [0.25, 0.3) is 0 Å². The van der Waals surface area contributed by atoms with Gasteiger partial charge in [0.05, 0.1) is 12.8 Å². The van der Waals surface area contributed by atoms with Gasteiger partial charge in [0, 0.05) is 10.5 Å². The van der Waals surface area contributed by atoms with Crippen molar-refractivity contribution in [3.63, 3.8) is 0 Å². The Bertz CT molecular complexity index is 663. The van der Waals surface area contributed by atoms with Gasteiger partial charge in [0.1, 0.15) is 5.75 Å². The van der Waals surface area contributed by atoms with E-state index in [-0.39, 0.29) is 5.91 Å². The predicted octanol–water partition coefficient (Wildman–Crippen LogP) is 4.42. The molecule has 2 rings (SSSR count). The number of nitrogens with one attached hydrogen (secondary N) is 1. The van der Waals surface area contributed by atoms with Crippen LogP contribution in [0.1, 0.15) is 11.1 Å². The minimum atomic E-state index is -0.171. The number of halogens is 1. The number of carbonyl (C=O) groups is 1. The van der Waals surface area contributed by atoms with Gasteiger partial charge in [0.15, 0.2) is 0 Å². The molecule has 0 aliphatic carbocycles. The molecule has 0 unspecified atom stereocenters. The van der Waals surface area contributed by atoms with Crippen LogP contribution in [-0.2, 0) is 4.79 Å². The molecule has 4 heteroatoms. The zero-order valence-corrected chi connectivity index (χ0v) is 13.5. The first-order valence-electron chi connectivity index (χ1n) is 6.48. The number of rotatable bonds is 4. The zero-order valence-electron chi connectivity index (χ0n) is 11.9. The average molecular weight is 346 g/mol. The monoisotopic (exact) mass is 345 g/mol. The Hall–Kier alpha value is -2.07. The molecular formula is C17H16BrNO2. The Kier molecular flexibility index (Phi) is 5.17. The third-order valence-electron chi connectivity index (χ3n) is 2.93. The van der Waals surface area contributed by atoms with Gasteiger partial charge in [-0.1, -0.05) is 18.2 Å². The van der Waals surface area contributed by atoms with Crippen LogP contribution in [0, 0.1) is 6.92 Å². The first-order chi connectivity index (χ1) is 10.1. The van der Waals surface area contributed by atoms with E-state index in [2.05, 4.69) is 21.2 Å². The first-order valence-corrected chi connectivity index (χ1v) is 7.27. The molecule has 0 spiro atoms. The van der Waals surface area contributed by atoms with Gasteiger partial charge in [-0.05, 0) is 64.3 Å². The molecule has 0 bridgehead atoms. The molecule has 0 radical (unpaired) electrons. The van der Waals surface area contributed by atoms with E-state index in [9.17, 15) is 4.79 Å². The van der Waals surface area contributed by atoms with E-state index in [0.717, 1.165) is 27.0 Å². The summed E-state index contributed by atoms with van der Waals surface area (Å²) in [5.74, 6) is 0.621. The van der Waals surface area contributed by atoms with Crippen LogP contribution < -0.4 is 10.1 Å². The summed E-state index contributed by atoms with van der Waals surface area (Å²) in [5, 5.41) is 2.83. The maximum Gasteiger partial charge on any atom is 0.248 e. The van der Waals surface area contributed by atoms with E-state index >= 15 is 0 Å². The van der Waals surface area contributed by atoms with Gasteiger partial charge in [-0.3, -0.25) is 4.79 Å². The maximum absolute atomic E-state index is 11.9. The smallest absolute Gasteiger partial charge is 0.248 e. The fraction of sp³-hybridized carbons (Fsp3) is 0.118. The van der Waals surface area contributed by atoms with Crippen molar-refractivity contribution < 1.29 is 9.53 Å². The number of hydrogen-bond donors (Lipinski definition) is 1. The highest BCUT2D eigenvalue weighted by atomic mass is 79.9. The summed E-state index contributed by atoms with van der Waals surface area (Å²) in [6, 6.07) is 13.3. The molecule has 21 heavy (non-hydrogen) atoms. The van der Waals surface area contributed by atoms with Crippen LogP contribution in [0.5, 0.6) is 5.75 Å². The lowest BCUT2D eigenvalue weighted by Gasteiger charge is -2.05. The van der Waals surface area contributed by atoms with Crippen LogP contribution in [0.3, 0.4) is 0 Å². The topological polar surface area (TPSA) is 38.3 Å². The zero-order chi connectivity index (χ0) is 15.2. The van der Waals surface area contributed by atoms with Crippen molar-refractivity contribution in [1.82, 2.24) is 0 Å². The predicted molar refractivity (Wildman–Crippen MR) is 89.5 cm³/mol. The molecule has 0 atom stereocenters. The second-order valence-corrected chi connectivity index (χ2v) is 5.43. The summed E-state index contributed by atoms with van der Waals surface area (Å²) < 4.78 is 5.96. The van der Waals surface area contributed by atoms with Crippen LogP contribution in [0.4, 0.5) is 5.69 Å².